The number of likely N-dealkylation sites (tertiary alicyclic amines) is 1. The van der Waals surface area contributed by atoms with E-state index in [4.69, 9.17) is 4.52 Å². The van der Waals surface area contributed by atoms with E-state index in [0.717, 1.165) is 31.5 Å². The molecule has 1 saturated carbocycles. The highest BCUT2D eigenvalue weighted by atomic mass is 19.1. The maximum Gasteiger partial charge on any atom is 0.273 e. The fourth-order valence-corrected chi connectivity index (χ4v) is 5.56. The molecule has 5 rings (SSSR count). The lowest BCUT2D eigenvalue weighted by Crippen LogP contribution is -2.58. The first-order valence-corrected chi connectivity index (χ1v) is 13.4. The molecule has 1 saturated heterocycles. The van der Waals surface area contributed by atoms with Gasteiger partial charge in [0.05, 0.1) is 29.4 Å². The van der Waals surface area contributed by atoms with Crippen molar-refractivity contribution >= 4 is 11.8 Å². The first-order chi connectivity index (χ1) is 18.9. The van der Waals surface area contributed by atoms with Gasteiger partial charge in [-0.15, -0.1) is 0 Å². The van der Waals surface area contributed by atoms with Crippen LogP contribution in [-0.2, 0) is 4.79 Å². The highest BCUT2D eigenvalue weighted by Gasteiger charge is 2.38. The molecule has 0 radical (unpaired) electrons. The second-order valence-electron chi connectivity index (χ2n) is 10.3. The number of aromatic nitrogens is 3. The summed E-state index contributed by atoms with van der Waals surface area (Å²) in [6.45, 7) is 3.15. The first kappa shape index (κ1) is 26.9. The fourth-order valence-electron chi connectivity index (χ4n) is 5.56. The lowest BCUT2D eigenvalue weighted by molar-refractivity contribution is -0.128. The zero-order valence-electron chi connectivity index (χ0n) is 21.8. The normalized spacial score (nSPS) is 21.3. The molecule has 1 aliphatic carbocycles. The zero-order chi connectivity index (χ0) is 27.4. The monoisotopic (exact) mass is 538 g/mol. The summed E-state index contributed by atoms with van der Waals surface area (Å²) in [4.78, 5) is 37.4. The van der Waals surface area contributed by atoms with Gasteiger partial charge in [-0.05, 0) is 38.3 Å². The summed E-state index contributed by atoms with van der Waals surface area (Å²) in [6.07, 6.45) is 11.2. The number of halogens is 2. The summed E-state index contributed by atoms with van der Waals surface area (Å²) in [5, 5.41) is 9.80. The maximum atomic E-state index is 14.2. The fraction of sp³-hybridized carbons (Fsp3) is 0.464. The summed E-state index contributed by atoms with van der Waals surface area (Å²) < 4.78 is 32.7. The summed E-state index contributed by atoms with van der Waals surface area (Å²) >= 11 is 0. The van der Waals surface area contributed by atoms with Crippen molar-refractivity contribution in [1.82, 2.24) is 30.7 Å². The van der Waals surface area contributed by atoms with Crippen molar-refractivity contribution in [3.63, 3.8) is 0 Å². The van der Waals surface area contributed by atoms with E-state index in [0.29, 0.717) is 24.7 Å². The second-order valence-corrected chi connectivity index (χ2v) is 10.3. The molecule has 9 nitrogen and oxygen atoms in total. The minimum absolute atomic E-state index is 0.000932. The van der Waals surface area contributed by atoms with E-state index in [2.05, 4.69) is 30.7 Å². The standard InChI is InChI=1S/C28H32F2N6O3/c1-17(25-15-31-10-11-32-25)33-27(37)21-16-36(19-5-3-2-4-6-19)12-9-23(21)34-28(38)24-14-26(39-35-24)20-8-7-18(29)13-22(20)30/h7-8,10-11,13-15,17,19,21,23H,2-6,9,12,16H2,1H3,(H,33,37)(H,34,38)/t17-,21-,23-/m1/s1. The van der Waals surface area contributed by atoms with Crippen LogP contribution >= 0.6 is 0 Å². The van der Waals surface area contributed by atoms with Crippen molar-refractivity contribution in [2.45, 2.75) is 63.6 Å². The molecule has 2 fully saturated rings. The highest BCUT2D eigenvalue weighted by molar-refractivity contribution is 5.94. The molecule has 2 N–H and O–H groups in total. The summed E-state index contributed by atoms with van der Waals surface area (Å²) in [5.74, 6) is -2.72. The third-order valence-corrected chi connectivity index (χ3v) is 7.71. The van der Waals surface area contributed by atoms with Crippen LogP contribution in [0, 0.1) is 17.6 Å². The Hall–Kier alpha value is -3.73. The molecule has 0 unspecified atom stereocenters. The van der Waals surface area contributed by atoms with Crippen molar-refractivity contribution in [3.8, 4) is 11.3 Å². The van der Waals surface area contributed by atoms with Crippen LogP contribution in [0.3, 0.4) is 0 Å². The van der Waals surface area contributed by atoms with Gasteiger partial charge in [-0.25, -0.2) is 8.78 Å². The van der Waals surface area contributed by atoms with Crippen molar-refractivity contribution in [1.29, 1.82) is 0 Å². The predicted octanol–water partition coefficient (Wildman–Crippen LogP) is 4.04. The Kier molecular flexibility index (Phi) is 8.25. The van der Waals surface area contributed by atoms with Gasteiger partial charge in [0.1, 0.15) is 11.6 Å². The van der Waals surface area contributed by atoms with Crippen molar-refractivity contribution in [2.24, 2.45) is 5.92 Å². The van der Waals surface area contributed by atoms with E-state index in [1.165, 1.54) is 31.4 Å². The molecular formula is C28H32F2N6O3. The molecule has 2 aliphatic rings. The van der Waals surface area contributed by atoms with Gasteiger partial charge >= 0.3 is 0 Å². The van der Waals surface area contributed by atoms with Gasteiger partial charge in [0.2, 0.25) is 5.91 Å². The highest BCUT2D eigenvalue weighted by Crippen LogP contribution is 2.29. The van der Waals surface area contributed by atoms with Gasteiger partial charge in [-0.3, -0.25) is 24.5 Å². The third-order valence-electron chi connectivity index (χ3n) is 7.71. The van der Waals surface area contributed by atoms with Crippen LogP contribution in [-0.4, -0.2) is 57.0 Å². The summed E-state index contributed by atoms with van der Waals surface area (Å²) in [5.41, 5.74) is 0.601. The van der Waals surface area contributed by atoms with Crippen LogP contribution < -0.4 is 10.6 Å². The predicted molar refractivity (Wildman–Crippen MR) is 138 cm³/mol. The number of hydrogen-bond acceptors (Lipinski definition) is 7. The molecule has 1 aromatic carbocycles. The van der Waals surface area contributed by atoms with E-state index >= 15 is 0 Å². The quantitative estimate of drug-likeness (QED) is 0.467. The molecule has 3 heterocycles. The van der Waals surface area contributed by atoms with Gasteiger partial charge in [-0.2, -0.15) is 0 Å². The van der Waals surface area contributed by atoms with Crippen LogP contribution in [0.4, 0.5) is 8.78 Å². The number of rotatable bonds is 7. The van der Waals surface area contributed by atoms with Crippen LogP contribution in [0.2, 0.25) is 0 Å². The molecule has 2 amide bonds. The Morgan fingerprint density at radius 1 is 1.10 bits per heavy atom. The second kappa shape index (κ2) is 12.0. The average molecular weight is 539 g/mol. The molecule has 0 bridgehead atoms. The molecule has 0 spiro atoms. The van der Waals surface area contributed by atoms with Crippen LogP contribution in [0.25, 0.3) is 11.3 Å². The smallest absolute Gasteiger partial charge is 0.273 e. The molecule has 3 atom stereocenters. The van der Waals surface area contributed by atoms with E-state index in [1.54, 1.807) is 18.6 Å². The number of piperidine rings is 1. The average Bonchev–Trinajstić information content (AvgIpc) is 3.44. The molecule has 39 heavy (non-hydrogen) atoms. The Morgan fingerprint density at radius 3 is 2.67 bits per heavy atom. The molecular weight excluding hydrogens is 506 g/mol. The maximum absolute atomic E-state index is 14.2. The van der Waals surface area contributed by atoms with Gasteiger partial charge in [0.15, 0.2) is 11.5 Å². The van der Waals surface area contributed by atoms with E-state index in [-0.39, 0.29) is 29.0 Å². The molecule has 2 aromatic heterocycles. The largest absolute Gasteiger partial charge is 0.355 e. The number of hydrogen-bond donors (Lipinski definition) is 2. The first-order valence-electron chi connectivity index (χ1n) is 13.4. The summed E-state index contributed by atoms with van der Waals surface area (Å²) in [7, 11) is 0. The minimum atomic E-state index is -0.817. The van der Waals surface area contributed by atoms with Gasteiger partial charge in [-0.1, -0.05) is 24.4 Å². The summed E-state index contributed by atoms with van der Waals surface area (Å²) in [6, 6.07) is 4.03. The number of nitrogens with one attached hydrogen (secondary N) is 2. The number of carbonyl (C=O) groups excluding carboxylic acids is 2. The number of nitrogens with zero attached hydrogens (tertiary/aromatic N) is 4. The Morgan fingerprint density at radius 2 is 1.92 bits per heavy atom. The van der Waals surface area contributed by atoms with Crippen LogP contribution in [0.5, 0.6) is 0 Å². The van der Waals surface area contributed by atoms with Crippen molar-refractivity contribution in [2.75, 3.05) is 13.1 Å². The number of benzene rings is 1. The van der Waals surface area contributed by atoms with Crippen molar-refractivity contribution in [3.05, 3.63) is 65.9 Å². The van der Waals surface area contributed by atoms with Crippen LogP contribution in [0.1, 0.15) is 67.7 Å². The Bertz CT molecular complexity index is 1300. The molecule has 11 heteroatoms. The molecule has 3 aromatic rings. The lowest BCUT2D eigenvalue weighted by Gasteiger charge is -2.43. The van der Waals surface area contributed by atoms with Crippen molar-refractivity contribution < 1.29 is 22.9 Å². The Labute approximate surface area is 225 Å². The van der Waals surface area contributed by atoms with Gasteiger partial charge in [0.25, 0.3) is 5.91 Å². The topological polar surface area (TPSA) is 113 Å². The van der Waals surface area contributed by atoms with Crippen LogP contribution in [0.15, 0.2) is 47.4 Å². The molecule has 206 valence electrons. The third kappa shape index (κ3) is 6.30. The number of carbonyl (C=O) groups is 2. The minimum Gasteiger partial charge on any atom is -0.355 e. The molecule has 1 aliphatic heterocycles. The van der Waals surface area contributed by atoms with E-state index in [9.17, 15) is 18.4 Å². The Balaban J connectivity index is 1.31. The van der Waals surface area contributed by atoms with E-state index in [1.807, 2.05) is 6.92 Å². The van der Waals surface area contributed by atoms with E-state index < -0.39 is 29.5 Å². The SMILES string of the molecule is C[C@@H](NC(=O)[C@@H]1CN(C2CCCCC2)CC[C@H]1NC(=O)c1cc(-c2ccc(F)cc2F)on1)c1cnccn1. The lowest BCUT2D eigenvalue weighted by atomic mass is 9.86. The number of amides is 2. The van der Waals surface area contributed by atoms with Gasteiger partial charge < -0.3 is 15.2 Å². The zero-order valence-corrected chi connectivity index (χ0v) is 21.8. The van der Waals surface area contributed by atoms with Gasteiger partial charge in [0, 0.05) is 49.7 Å².